The Morgan fingerprint density at radius 1 is 1.15 bits per heavy atom. The summed E-state index contributed by atoms with van der Waals surface area (Å²) >= 11 is 7.35. The van der Waals surface area contributed by atoms with Crippen LogP contribution in [-0.4, -0.2) is 11.0 Å². The molecule has 0 atom stereocenters. The molecule has 1 N–H and O–H groups in total. The summed E-state index contributed by atoms with van der Waals surface area (Å²) in [6.07, 6.45) is 2.65. The average Bonchev–Trinajstić information content (AvgIpc) is 3.25. The van der Waals surface area contributed by atoms with Crippen LogP contribution in [0.3, 0.4) is 0 Å². The molecule has 0 fully saturated rings. The van der Waals surface area contributed by atoms with E-state index in [1.54, 1.807) is 18.2 Å². The van der Waals surface area contributed by atoms with Gasteiger partial charge >= 0.3 is 5.97 Å². The van der Waals surface area contributed by atoms with Gasteiger partial charge in [0.2, 0.25) is 11.2 Å². The number of esters is 1. The van der Waals surface area contributed by atoms with Gasteiger partial charge in [0, 0.05) is 28.1 Å². The van der Waals surface area contributed by atoms with Crippen molar-refractivity contribution in [3.8, 4) is 5.75 Å². The summed E-state index contributed by atoms with van der Waals surface area (Å²) in [5, 5.41) is 0.659. The molecule has 8 heteroatoms. The molecule has 0 radical (unpaired) electrons. The topological polar surface area (TPSA) is 85.4 Å². The number of aromatic amines is 1. The molecule has 0 spiro atoms. The Kier molecular flexibility index (Phi) is 4.79. The monoisotopic (exact) mass is 401 g/mol. The third kappa shape index (κ3) is 3.94. The number of nitrogens with one attached hydrogen (secondary N) is 1. The van der Waals surface area contributed by atoms with E-state index < -0.39 is 11.4 Å². The van der Waals surface area contributed by atoms with Crippen molar-refractivity contribution in [1.82, 2.24) is 4.98 Å². The summed E-state index contributed by atoms with van der Waals surface area (Å²) in [4.78, 5) is 28.2. The Bertz CT molecular complexity index is 1130. The quantitative estimate of drug-likeness (QED) is 0.379. The predicted molar refractivity (Wildman–Crippen MR) is 102 cm³/mol. The number of rotatable bonds is 5. The molecule has 0 amide bonds. The Labute approximate surface area is 162 Å². The molecule has 4 aromatic rings. The van der Waals surface area contributed by atoms with Gasteiger partial charge in [0.15, 0.2) is 5.58 Å². The molecule has 1 aromatic carbocycles. The van der Waals surface area contributed by atoms with Crippen LogP contribution in [0, 0.1) is 0 Å². The highest BCUT2D eigenvalue weighted by atomic mass is 35.5. The zero-order valence-electron chi connectivity index (χ0n) is 13.7. The first-order chi connectivity index (χ1) is 13.1. The summed E-state index contributed by atoms with van der Waals surface area (Å²) < 4.78 is 15.7. The molecule has 136 valence electrons. The first kappa shape index (κ1) is 17.5. The number of fused-ring (bicyclic) bond motifs is 1. The molecular weight excluding hydrogens is 390 g/mol. The molecule has 0 aliphatic rings. The lowest BCUT2D eigenvalue weighted by Gasteiger charge is -2.04. The number of carbonyl (C=O) groups is 1. The highest BCUT2D eigenvalue weighted by Gasteiger charge is 2.16. The van der Waals surface area contributed by atoms with E-state index in [1.807, 2.05) is 12.1 Å². The number of furan rings is 1. The van der Waals surface area contributed by atoms with Gasteiger partial charge in [0.1, 0.15) is 17.7 Å². The summed E-state index contributed by atoms with van der Waals surface area (Å²) in [6, 6.07) is 11.9. The van der Waals surface area contributed by atoms with Crippen molar-refractivity contribution in [1.29, 1.82) is 0 Å². The number of benzene rings is 1. The van der Waals surface area contributed by atoms with Gasteiger partial charge in [0.05, 0.1) is 17.5 Å². The first-order valence-electron chi connectivity index (χ1n) is 7.87. The normalized spacial score (nSPS) is 11.0. The number of H-pyrrole nitrogens is 1. The number of halogens is 1. The van der Waals surface area contributed by atoms with E-state index in [0.717, 1.165) is 11.2 Å². The number of ether oxygens (including phenoxy) is 1. The van der Waals surface area contributed by atoms with E-state index in [9.17, 15) is 9.59 Å². The van der Waals surface area contributed by atoms with E-state index in [4.69, 9.17) is 25.2 Å². The van der Waals surface area contributed by atoms with Crippen molar-refractivity contribution in [3.63, 3.8) is 0 Å². The smallest absolute Gasteiger partial charge is 0.360 e. The summed E-state index contributed by atoms with van der Waals surface area (Å²) in [6.45, 7) is 0. The Balaban J connectivity index is 1.43. The average molecular weight is 402 g/mol. The van der Waals surface area contributed by atoms with Gasteiger partial charge in [-0.2, -0.15) is 0 Å². The lowest BCUT2D eigenvalue weighted by molar-refractivity contribution is 0.0723. The third-order valence-corrected chi connectivity index (χ3v) is 5.00. The van der Waals surface area contributed by atoms with Gasteiger partial charge in [-0.15, -0.1) is 11.8 Å². The number of hydrogen-bond acceptors (Lipinski definition) is 6. The molecule has 0 saturated heterocycles. The van der Waals surface area contributed by atoms with E-state index in [1.165, 1.54) is 30.2 Å². The molecule has 3 heterocycles. The van der Waals surface area contributed by atoms with Crippen molar-refractivity contribution in [3.05, 3.63) is 81.7 Å². The summed E-state index contributed by atoms with van der Waals surface area (Å²) in [5.41, 5.74) is 0.954. The van der Waals surface area contributed by atoms with Crippen molar-refractivity contribution >= 4 is 40.4 Å². The van der Waals surface area contributed by atoms with Crippen LogP contribution in [0.4, 0.5) is 0 Å². The Hall–Kier alpha value is -2.90. The Morgan fingerprint density at radius 3 is 2.70 bits per heavy atom. The van der Waals surface area contributed by atoms with Gasteiger partial charge in [-0.1, -0.05) is 11.6 Å². The van der Waals surface area contributed by atoms with Crippen molar-refractivity contribution < 1.29 is 18.4 Å². The fourth-order valence-electron chi connectivity index (χ4n) is 2.39. The zero-order valence-corrected chi connectivity index (χ0v) is 15.3. The largest absolute Gasteiger partial charge is 0.464 e. The third-order valence-electron chi connectivity index (χ3n) is 3.71. The van der Waals surface area contributed by atoms with Crippen LogP contribution in [0.5, 0.6) is 5.75 Å². The Morgan fingerprint density at radius 2 is 1.96 bits per heavy atom. The summed E-state index contributed by atoms with van der Waals surface area (Å²) in [7, 11) is 0. The fraction of sp³-hybridized carbons (Fsp3) is 0.0526. The second kappa shape index (κ2) is 7.38. The SMILES string of the molecule is O=C(Oc1coc(CSc2ccc(Cl)cc2)cc1=O)c1cc2occc2[nH]1. The van der Waals surface area contributed by atoms with Crippen molar-refractivity contribution in [2.45, 2.75) is 10.6 Å². The molecule has 0 aliphatic carbocycles. The first-order valence-corrected chi connectivity index (χ1v) is 9.23. The van der Waals surface area contributed by atoms with E-state index in [0.29, 0.717) is 27.6 Å². The molecule has 3 aromatic heterocycles. The van der Waals surface area contributed by atoms with Crippen LogP contribution >= 0.6 is 23.4 Å². The van der Waals surface area contributed by atoms with Crippen LogP contribution in [0.15, 0.2) is 73.5 Å². The van der Waals surface area contributed by atoms with Crippen LogP contribution in [0.2, 0.25) is 5.02 Å². The van der Waals surface area contributed by atoms with Gasteiger partial charge in [-0.25, -0.2) is 4.79 Å². The van der Waals surface area contributed by atoms with Gasteiger partial charge in [-0.3, -0.25) is 4.79 Å². The number of thioether (sulfide) groups is 1. The van der Waals surface area contributed by atoms with Gasteiger partial charge < -0.3 is 18.6 Å². The molecule has 0 aliphatic heterocycles. The lowest BCUT2D eigenvalue weighted by atomic mass is 10.4. The maximum atomic E-state index is 12.2. The van der Waals surface area contributed by atoms with E-state index >= 15 is 0 Å². The van der Waals surface area contributed by atoms with Gasteiger partial charge in [0.25, 0.3) is 0 Å². The highest BCUT2D eigenvalue weighted by molar-refractivity contribution is 7.98. The van der Waals surface area contributed by atoms with Crippen LogP contribution in [0.25, 0.3) is 11.1 Å². The fourth-order valence-corrected chi connectivity index (χ4v) is 3.30. The van der Waals surface area contributed by atoms with Crippen LogP contribution in [0.1, 0.15) is 16.2 Å². The zero-order chi connectivity index (χ0) is 18.8. The number of hydrogen-bond donors (Lipinski definition) is 1. The molecule has 27 heavy (non-hydrogen) atoms. The predicted octanol–water partition coefficient (Wildman–Crippen LogP) is 4.88. The molecule has 0 bridgehead atoms. The molecule has 0 unspecified atom stereocenters. The highest BCUT2D eigenvalue weighted by Crippen LogP contribution is 2.24. The van der Waals surface area contributed by atoms with Crippen LogP contribution in [-0.2, 0) is 5.75 Å². The molecule has 0 saturated carbocycles. The number of carbonyl (C=O) groups excluding carboxylic acids is 1. The minimum absolute atomic E-state index is 0.175. The van der Waals surface area contributed by atoms with E-state index in [2.05, 4.69) is 4.98 Å². The second-order valence-electron chi connectivity index (χ2n) is 5.59. The minimum Gasteiger partial charge on any atom is -0.464 e. The lowest BCUT2D eigenvalue weighted by Crippen LogP contribution is -2.15. The molecule has 4 rings (SSSR count). The summed E-state index contributed by atoms with van der Waals surface area (Å²) in [5.74, 6) is 0.0542. The van der Waals surface area contributed by atoms with Crippen LogP contribution < -0.4 is 10.2 Å². The van der Waals surface area contributed by atoms with Gasteiger partial charge in [-0.05, 0) is 24.3 Å². The second-order valence-corrected chi connectivity index (χ2v) is 7.07. The maximum Gasteiger partial charge on any atom is 0.360 e. The van der Waals surface area contributed by atoms with Crippen molar-refractivity contribution in [2.24, 2.45) is 0 Å². The molecular formula is C19H12ClNO5S. The molecule has 6 nitrogen and oxygen atoms in total. The number of aromatic nitrogens is 1. The van der Waals surface area contributed by atoms with Crippen molar-refractivity contribution in [2.75, 3.05) is 0 Å². The minimum atomic E-state index is -0.697. The van der Waals surface area contributed by atoms with E-state index in [-0.39, 0.29) is 11.4 Å². The maximum absolute atomic E-state index is 12.2. The standard InChI is InChI=1S/C19H12ClNO5S/c20-11-1-3-13(4-2-11)27-10-12-7-16(22)18(9-25-12)26-19(23)15-8-17-14(21-15)5-6-24-17/h1-9,21H,10H2.